The molecule has 5 heteroatoms. The monoisotopic (exact) mass is 209 g/mol. The number of nitrogens with zero attached hydrogens (tertiary/aromatic N) is 3. The van der Waals surface area contributed by atoms with Crippen LogP contribution in [0.25, 0.3) is 0 Å². The van der Waals surface area contributed by atoms with Gasteiger partial charge in [0.05, 0.1) is 0 Å². The number of hydrogen-bond acceptors (Lipinski definition) is 3. The van der Waals surface area contributed by atoms with Gasteiger partial charge in [0.1, 0.15) is 18.2 Å². The first kappa shape index (κ1) is 10.1. The zero-order valence-corrected chi connectivity index (χ0v) is 8.59. The Balaban J connectivity index is 2.34. The fourth-order valence-electron chi connectivity index (χ4n) is 2.32. The van der Waals surface area contributed by atoms with Crippen molar-refractivity contribution in [2.75, 3.05) is 0 Å². The molecular weight excluding hydrogens is 194 g/mol. The van der Waals surface area contributed by atoms with Gasteiger partial charge in [0.2, 0.25) is 0 Å². The lowest BCUT2D eigenvalue weighted by molar-refractivity contribution is -0.148. The number of carboxylic acid groups (broad SMARTS) is 1. The van der Waals surface area contributed by atoms with Crippen molar-refractivity contribution in [1.82, 2.24) is 14.8 Å². The van der Waals surface area contributed by atoms with Crippen LogP contribution in [0.15, 0.2) is 12.7 Å². The van der Waals surface area contributed by atoms with Gasteiger partial charge in [-0.15, -0.1) is 10.2 Å². The van der Waals surface area contributed by atoms with Crippen LogP contribution in [-0.4, -0.2) is 25.8 Å². The van der Waals surface area contributed by atoms with E-state index in [1.54, 1.807) is 4.57 Å². The van der Waals surface area contributed by atoms with E-state index in [4.69, 9.17) is 0 Å². The first-order chi connectivity index (χ1) is 7.26. The third kappa shape index (κ3) is 1.73. The van der Waals surface area contributed by atoms with Gasteiger partial charge < -0.3 is 9.67 Å². The van der Waals surface area contributed by atoms with Gasteiger partial charge in [-0.05, 0) is 12.8 Å². The van der Waals surface area contributed by atoms with Gasteiger partial charge in [-0.1, -0.05) is 25.7 Å². The largest absolute Gasteiger partial charge is 0.479 e. The number of aliphatic carboxylic acids is 1. The molecule has 0 radical (unpaired) electrons. The van der Waals surface area contributed by atoms with Crippen molar-refractivity contribution in [2.45, 2.75) is 44.1 Å². The Hall–Kier alpha value is -1.39. The van der Waals surface area contributed by atoms with Crippen LogP contribution in [0.4, 0.5) is 0 Å². The molecule has 5 nitrogen and oxygen atoms in total. The van der Waals surface area contributed by atoms with E-state index < -0.39 is 11.5 Å². The van der Waals surface area contributed by atoms with E-state index in [9.17, 15) is 9.90 Å². The fraction of sp³-hybridized carbons (Fsp3) is 0.700. The summed E-state index contributed by atoms with van der Waals surface area (Å²) >= 11 is 0. The number of carbonyl (C=O) groups is 1. The second-order valence-corrected chi connectivity index (χ2v) is 4.12. The van der Waals surface area contributed by atoms with Crippen molar-refractivity contribution in [2.24, 2.45) is 0 Å². The Morgan fingerprint density at radius 1 is 1.13 bits per heavy atom. The molecule has 1 saturated carbocycles. The summed E-state index contributed by atoms with van der Waals surface area (Å²) in [5.41, 5.74) is -0.806. The van der Waals surface area contributed by atoms with Crippen LogP contribution in [0.5, 0.6) is 0 Å². The summed E-state index contributed by atoms with van der Waals surface area (Å²) in [5, 5.41) is 16.8. The summed E-state index contributed by atoms with van der Waals surface area (Å²) < 4.78 is 1.65. The highest BCUT2D eigenvalue weighted by molar-refractivity contribution is 5.76. The molecule has 1 aromatic heterocycles. The number of aromatic nitrogens is 3. The van der Waals surface area contributed by atoms with Gasteiger partial charge in [0, 0.05) is 0 Å². The summed E-state index contributed by atoms with van der Waals surface area (Å²) in [6.45, 7) is 0. The average molecular weight is 209 g/mol. The average Bonchev–Trinajstić information content (AvgIpc) is 2.63. The summed E-state index contributed by atoms with van der Waals surface area (Å²) in [6, 6.07) is 0. The molecule has 0 atom stereocenters. The molecule has 0 bridgehead atoms. The second kappa shape index (κ2) is 4.00. The lowest BCUT2D eigenvalue weighted by Gasteiger charge is -2.28. The third-order valence-electron chi connectivity index (χ3n) is 3.24. The lowest BCUT2D eigenvalue weighted by atomic mass is 9.90. The molecule has 1 aliphatic carbocycles. The van der Waals surface area contributed by atoms with E-state index in [1.165, 1.54) is 12.7 Å². The number of hydrogen-bond donors (Lipinski definition) is 1. The molecule has 0 amide bonds. The number of carboxylic acids is 1. The summed E-state index contributed by atoms with van der Waals surface area (Å²) in [4.78, 5) is 11.5. The summed E-state index contributed by atoms with van der Waals surface area (Å²) in [7, 11) is 0. The zero-order valence-electron chi connectivity index (χ0n) is 8.59. The van der Waals surface area contributed by atoms with E-state index in [2.05, 4.69) is 10.2 Å². The maximum atomic E-state index is 11.5. The molecule has 2 rings (SSSR count). The van der Waals surface area contributed by atoms with Crippen LogP contribution < -0.4 is 0 Å². The molecule has 1 aromatic rings. The van der Waals surface area contributed by atoms with Crippen molar-refractivity contribution in [3.63, 3.8) is 0 Å². The van der Waals surface area contributed by atoms with Gasteiger partial charge in [-0.2, -0.15) is 0 Å². The highest BCUT2D eigenvalue weighted by atomic mass is 16.4. The van der Waals surface area contributed by atoms with Gasteiger partial charge in [0.15, 0.2) is 0 Å². The highest BCUT2D eigenvalue weighted by Gasteiger charge is 2.40. The van der Waals surface area contributed by atoms with Crippen molar-refractivity contribution < 1.29 is 9.90 Å². The fourth-order valence-corrected chi connectivity index (χ4v) is 2.32. The number of rotatable bonds is 2. The molecule has 1 fully saturated rings. The Bertz CT molecular complexity index is 326. The Morgan fingerprint density at radius 3 is 2.13 bits per heavy atom. The predicted octanol–water partition coefficient (Wildman–Crippen LogP) is 1.41. The van der Waals surface area contributed by atoms with E-state index in [0.717, 1.165) is 25.7 Å². The zero-order chi connectivity index (χ0) is 10.7. The second-order valence-electron chi connectivity index (χ2n) is 4.12. The van der Waals surface area contributed by atoms with Crippen molar-refractivity contribution in [1.29, 1.82) is 0 Å². The van der Waals surface area contributed by atoms with Crippen LogP contribution in [0.3, 0.4) is 0 Å². The molecule has 1 aliphatic rings. The Kier molecular flexibility index (Phi) is 2.70. The van der Waals surface area contributed by atoms with E-state index in [-0.39, 0.29) is 0 Å². The Labute approximate surface area is 88.1 Å². The first-order valence-electron chi connectivity index (χ1n) is 5.34. The molecule has 1 heterocycles. The van der Waals surface area contributed by atoms with Crippen LogP contribution in [0.1, 0.15) is 38.5 Å². The maximum absolute atomic E-state index is 11.5. The van der Waals surface area contributed by atoms with Crippen LogP contribution in [0.2, 0.25) is 0 Å². The van der Waals surface area contributed by atoms with Gasteiger partial charge in [-0.25, -0.2) is 4.79 Å². The van der Waals surface area contributed by atoms with E-state index >= 15 is 0 Å². The van der Waals surface area contributed by atoms with Crippen molar-refractivity contribution in [3.8, 4) is 0 Å². The van der Waals surface area contributed by atoms with Gasteiger partial charge >= 0.3 is 5.97 Å². The van der Waals surface area contributed by atoms with Gasteiger partial charge in [0.25, 0.3) is 0 Å². The first-order valence-corrected chi connectivity index (χ1v) is 5.34. The molecule has 1 N–H and O–H groups in total. The SMILES string of the molecule is O=C(O)C1(n2cnnc2)CCCCCC1. The third-order valence-corrected chi connectivity index (χ3v) is 3.24. The minimum atomic E-state index is -0.806. The molecule has 15 heavy (non-hydrogen) atoms. The molecule has 0 spiro atoms. The molecule has 0 saturated heterocycles. The van der Waals surface area contributed by atoms with Crippen molar-refractivity contribution >= 4 is 5.97 Å². The molecule has 82 valence electrons. The molecule has 0 aliphatic heterocycles. The topological polar surface area (TPSA) is 68.0 Å². The van der Waals surface area contributed by atoms with E-state index in [1.807, 2.05) is 0 Å². The quantitative estimate of drug-likeness (QED) is 0.748. The highest BCUT2D eigenvalue weighted by Crippen LogP contribution is 2.33. The lowest BCUT2D eigenvalue weighted by Crippen LogP contribution is -2.40. The standard InChI is InChI=1S/C10H15N3O2/c14-9(15)10(13-7-11-12-8-13)5-3-1-2-4-6-10/h7-8H,1-6H2,(H,14,15). The minimum Gasteiger partial charge on any atom is -0.479 e. The van der Waals surface area contributed by atoms with Crippen LogP contribution in [-0.2, 0) is 10.3 Å². The molecular formula is C10H15N3O2. The van der Waals surface area contributed by atoms with Crippen LogP contribution in [0, 0.1) is 0 Å². The molecule has 0 aromatic carbocycles. The van der Waals surface area contributed by atoms with E-state index in [0.29, 0.717) is 12.8 Å². The maximum Gasteiger partial charge on any atom is 0.329 e. The smallest absolute Gasteiger partial charge is 0.329 e. The molecule has 0 unspecified atom stereocenters. The van der Waals surface area contributed by atoms with Gasteiger partial charge in [-0.3, -0.25) is 0 Å². The summed E-state index contributed by atoms with van der Waals surface area (Å²) in [6.07, 6.45) is 8.56. The van der Waals surface area contributed by atoms with Crippen LogP contribution >= 0.6 is 0 Å². The Morgan fingerprint density at radius 2 is 1.67 bits per heavy atom. The normalized spacial score (nSPS) is 20.8. The predicted molar refractivity (Wildman–Crippen MR) is 53.3 cm³/mol. The van der Waals surface area contributed by atoms with Crippen molar-refractivity contribution in [3.05, 3.63) is 12.7 Å². The minimum absolute atomic E-state index is 0.681. The summed E-state index contributed by atoms with van der Waals surface area (Å²) in [5.74, 6) is -0.760.